The molecule has 0 aromatic heterocycles. The molecule has 0 bridgehead atoms. The molecule has 8 rings (SSSR count). The average Bonchev–Trinajstić information content (AvgIpc) is 2.89. The predicted molar refractivity (Wildman–Crippen MR) is 156 cm³/mol. The highest BCUT2D eigenvalue weighted by Crippen LogP contribution is 2.63. The standard InChI is InChI=1S/C37H60O/c1-21-8-25-15-32-17-33-16-30-13-28-11-26-9-23-6-4-5-7-24(23)10-27(26)12-29(28)14-31(30)18-35(33)22(2)36(32)19-34(25)20-37(21,3)38/h21-36,38H,4-20H2,1-3H3. The van der Waals surface area contributed by atoms with Crippen molar-refractivity contribution in [2.45, 2.75) is 136 Å². The van der Waals surface area contributed by atoms with E-state index >= 15 is 0 Å². The molecule has 1 nitrogen and oxygen atoms in total. The summed E-state index contributed by atoms with van der Waals surface area (Å²) < 4.78 is 0. The van der Waals surface area contributed by atoms with Crippen LogP contribution >= 0.6 is 0 Å². The topological polar surface area (TPSA) is 20.2 Å². The van der Waals surface area contributed by atoms with E-state index in [0.29, 0.717) is 5.92 Å². The van der Waals surface area contributed by atoms with Crippen LogP contribution in [-0.2, 0) is 0 Å². The van der Waals surface area contributed by atoms with Crippen LogP contribution in [0.1, 0.15) is 130 Å². The van der Waals surface area contributed by atoms with E-state index in [-0.39, 0.29) is 0 Å². The maximum Gasteiger partial charge on any atom is 0.0648 e. The Morgan fingerprint density at radius 3 is 1.34 bits per heavy atom. The SMILES string of the molecule is CC1C2CC3CC4CC5CC6CCCCC6CC5CC4CC3CC2CC2CC3CC(C)C(C)(O)CC3CC21. The molecule has 8 saturated carbocycles. The largest absolute Gasteiger partial charge is 0.390 e. The van der Waals surface area contributed by atoms with Crippen molar-refractivity contribution in [1.29, 1.82) is 0 Å². The number of aliphatic hydroxyl groups is 1. The van der Waals surface area contributed by atoms with Gasteiger partial charge in [0.2, 0.25) is 0 Å². The fourth-order valence-electron chi connectivity index (χ4n) is 14.2. The average molecular weight is 521 g/mol. The molecule has 0 aromatic rings. The summed E-state index contributed by atoms with van der Waals surface area (Å²) in [5, 5.41) is 11.1. The molecule has 0 amide bonds. The first-order chi connectivity index (χ1) is 18.3. The van der Waals surface area contributed by atoms with Crippen LogP contribution in [0.5, 0.6) is 0 Å². The first-order valence-electron chi connectivity index (χ1n) is 18.0. The maximum absolute atomic E-state index is 11.1. The summed E-state index contributed by atoms with van der Waals surface area (Å²) in [6, 6.07) is 0. The Morgan fingerprint density at radius 1 is 0.447 bits per heavy atom. The highest BCUT2D eigenvalue weighted by molar-refractivity contribution is 5.05. The van der Waals surface area contributed by atoms with Crippen molar-refractivity contribution < 1.29 is 5.11 Å². The molecule has 8 aliphatic rings. The molecule has 0 aliphatic heterocycles. The second kappa shape index (κ2) is 9.49. The van der Waals surface area contributed by atoms with E-state index in [9.17, 15) is 5.11 Å². The van der Waals surface area contributed by atoms with Gasteiger partial charge in [-0.3, -0.25) is 0 Å². The van der Waals surface area contributed by atoms with E-state index < -0.39 is 5.60 Å². The molecule has 1 N–H and O–H groups in total. The molecular weight excluding hydrogens is 460 g/mol. The van der Waals surface area contributed by atoms with Crippen molar-refractivity contribution in [2.24, 2.45) is 94.7 Å². The lowest BCUT2D eigenvalue weighted by Gasteiger charge is -2.60. The highest BCUT2D eigenvalue weighted by atomic mass is 16.3. The van der Waals surface area contributed by atoms with Crippen LogP contribution in [0.15, 0.2) is 0 Å². The Hall–Kier alpha value is -0.0400. The van der Waals surface area contributed by atoms with Gasteiger partial charge in [0.05, 0.1) is 5.60 Å². The van der Waals surface area contributed by atoms with E-state index in [2.05, 4.69) is 20.8 Å². The van der Waals surface area contributed by atoms with Crippen LogP contribution in [0.4, 0.5) is 0 Å². The van der Waals surface area contributed by atoms with E-state index in [4.69, 9.17) is 0 Å². The predicted octanol–water partition coefficient (Wildman–Crippen LogP) is 9.38. The van der Waals surface area contributed by atoms with Gasteiger partial charge in [0.25, 0.3) is 0 Å². The zero-order valence-electron chi connectivity index (χ0n) is 25.2. The number of hydrogen-bond acceptors (Lipinski definition) is 1. The van der Waals surface area contributed by atoms with Gasteiger partial charge in [-0.15, -0.1) is 0 Å². The fourth-order valence-corrected chi connectivity index (χ4v) is 14.2. The zero-order chi connectivity index (χ0) is 25.8. The summed E-state index contributed by atoms with van der Waals surface area (Å²) in [5.74, 6) is 16.1. The second-order valence-electron chi connectivity index (χ2n) is 17.9. The lowest BCUT2D eigenvalue weighted by molar-refractivity contribution is -0.121. The molecule has 0 aromatic carbocycles. The minimum absolute atomic E-state index is 0.416. The van der Waals surface area contributed by atoms with Crippen LogP contribution < -0.4 is 0 Å². The molecule has 17 unspecified atom stereocenters. The minimum atomic E-state index is -0.416. The normalized spacial score (nSPS) is 61.6. The molecule has 38 heavy (non-hydrogen) atoms. The van der Waals surface area contributed by atoms with Crippen molar-refractivity contribution in [3.8, 4) is 0 Å². The van der Waals surface area contributed by atoms with Gasteiger partial charge in [-0.25, -0.2) is 0 Å². The van der Waals surface area contributed by atoms with Gasteiger partial charge in [0, 0.05) is 0 Å². The smallest absolute Gasteiger partial charge is 0.0648 e. The van der Waals surface area contributed by atoms with Gasteiger partial charge >= 0.3 is 0 Å². The summed E-state index contributed by atoms with van der Waals surface area (Å²) in [4.78, 5) is 0. The van der Waals surface area contributed by atoms with E-state index in [1.165, 1.54) is 25.7 Å². The zero-order valence-corrected chi connectivity index (χ0v) is 25.2. The summed E-state index contributed by atoms with van der Waals surface area (Å²) in [5.41, 5.74) is -0.416. The Bertz CT molecular complexity index is 876. The van der Waals surface area contributed by atoms with Gasteiger partial charge in [-0.2, -0.15) is 0 Å². The van der Waals surface area contributed by atoms with Gasteiger partial charge in [-0.1, -0.05) is 39.5 Å². The number of fused-ring (bicyclic) bond motifs is 7. The van der Waals surface area contributed by atoms with Crippen LogP contribution in [0.25, 0.3) is 0 Å². The Morgan fingerprint density at radius 2 is 0.816 bits per heavy atom. The third-order valence-electron chi connectivity index (χ3n) is 16.3. The van der Waals surface area contributed by atoms with E-state index in [1.807, 2.05) is 0 Å². The molecule has 0 radical (unpaired) electrons. The van der Waals surface area contributed by atoms with Gasteiger partial charge < -0.3 is 5.11 Å². The monoisotopic (exact) mass is 520 g/mol. The highest BCUT2D eigenvalue weighted by Gasteiger charge is 2.55. The molecule has 8 fully saturated rings. The van der Waals surface area contributed by atoms with Crippen LogP contribution in [0.3, 0.4) is 0 Å². The first kappa shape index (κ1) is 25.7. The Balaban J connectivity index is 0.946. The lowest BCUT2D eigenvalue weighted by atomic mass is 9.46. The van der Waals surface area contributed by atoms with Crippen LogP contribution in [0.2, 0.25) is 0 Å². The minimum Gasteiger partial charge on any atom is -0.390 e. The van der Waals surface area contributed by atoms with Crippen molar-refractivity contribution in [1.82, 2.24) is 0 Å². The summed E-state index contributed by atoms with van der Waals surface area (Å²) in [6.45, 7) is 7.18. The summed E-state index contributed by atoms with van der Waals surface area (Å²) in [7, 11) is 0. The molecule has 214 valence electrons. The van der Waals surface area contributed by atoms with Crippen molar-refractivity contribution in [3.63, 3.8) is 0 Å². The summed E-state index contributed by atoms with van der Waals surface area (Å²) in [6.07, 6.45) is 26.2. The quantitative estimate of drug-likeness (QED) is 0.337. The Kier molecular flexibility index (Phi) is 6.41. The van der Waals surface area contributed by atoms with E-state index in [1.54, 1.807) is 77.0 Å². The number of hydrogen-bond donors (Lipinski definition) is 1. The fraction of sp³-hybridized carbons (Fsp3) is 1.00. The van der Waals surface area contributed by atoms with Crippen molar-refractivity contribution >= 4 is 0 Å². The number of rotatable bonds is 0. The first-order valence-corrected chi connectivity index (χ1v) is 18.0. The van der Waals surface area contributed by atoms with Crippen LogP contribution in [-0.4, -0.2) is 10.7 Å². The molecule has 0 saturated heterocycles. The van der Waals surface area contributed by atoms with Gasteiger partial charge in [-0.05, 0) is 185 Å². The molecule has 0 heterocycles. The van der Waals surface area contributed by atoms with Crippen LogP contribution in [0, 0.1) is 94.7 Å². The van der Waals surface area contributed by atoms with Crippen molar-refractivity contribution in [2.75, 3.05) is 0 Å². The third kappa shape index (κ3) is 4.23. The summed E-state index contributed by atoms with van der Waals surface area (Å²) >= 11 is 0. The van der Waals surface area contributed by atoms with Crippen molar-refractivity contribution in [3.05, 3.63) is 0 Å². The molecule has 0 spiro atoms. The molecule has 17 atom stereocenters. The maximum atomic E-state index is 11.1. The van der Waals surface area contributed by atoms with Gasteiger partial charge in [0.15, 0.2) is 0 Å². The van der Waals surface area contributed by atoms with E-state index in [0.717, 1.165) is 95.2 Å². The lowest BCUT2D eigenvalue weighted by Crippen LogP contribution is -2.52. The molecular formula is C37H60O. The van der Waals surface area contributed by atoms with Gasteiger partial charge in [0.1, 0.15) is 0 Å². The second-order valence-corrected chi connectivity index (χ2v) is 17.9. The third-order valence-corrected chi connectivity index (χ3v) is 16.3. The molecule has 8 aliphatic carbocycles. The Labute approximate surface area is 235 Å². The molecule has 1 heteroatoms.